The molecule has 1 atom stereocenters. The van der Waals surface area contributed by atoms with E-state index < -0.39 is 11.7 Å². The number of ether oxygens (including phenoxy) is 2. The van der Waals surface area contributed by atoms with Gasteiger partial charge in [-0.05, 0) is 20.8 Å². The predicted molar refractivity (Wildman–Crippen MR) is 91.2 cm³/mol. The molecule has 24 heavy (non-hydrogen) atoms. The fourth-order valence-corrected chi connectivity index (χ4v) is 2.64. The summed E-state index contributed by atoms with van der Waals surface area (Å²) in [7, 11) is 1.57. The Morgan fingerprint density at radius 2 is 2.17 bits per heavy atom. The molecule has 0 radical (unpaired) electrons. The molecule has 1 aliphatic rings. The zero-order chi connectivity index (χ0) is 17.9. The van der Waals surface area contributed by atoms with Crippen LogP contribution in [-0.2, 0) is 4.74 Å². The number of carbonyl (C=O) groups excluding carboxylic acids is 1. The number of piperazine rings is 1. The van der Waals surface area contributed by atoms with Gasteiger partial charge in [0.1, 0.15) is 17.2 Å². The van der Waals surface area contributed by atoms with Gasteiger partial charge >= 0.3 is 6.09 Å². The van der Waals surface area contributed by atoms with Crippen molar-refractivity contribution in [2.24, 2.45) is 0 Å². The van der Waals surface area contributed by atoms with E-state index >= 15 is 0 Å². The van der Waals surface area contributed by atoms with Gasteiger partial charge in [-0.3, -0.25) is 4.90 Å². The van der Waals surface area contributed by atoms with E-state index in [9.17, 15) is 9.90 Å². The normalized spacial score (nSPS) is 18.5. The molecule has 1 amide bonds. The van der Waals surface area contributed by atoms with Gasteiger partial charge < -0.3 is 25.2 Å². The Bertz CT molecular complexity index is 588. The quantitative estimate of drug-likeness (QED) is 0.850. The summed E-state index contributed by atoms with van der Waals surface area (Å²) in [4.78, 5) is 20.0. The average Bonchev–Trinajstić information content (AvgIpc) is 2.52. The number of methoxy groups -OCH3 is 1. The first-order valence-corrected chi connectivity index (χ1v) is 7.90. The number of rotatable bonds is 3. The summed E-state index contributed by atoms with van der Waals surface area (Å²) in [6.07, 6.45) is 1.23. The maximum Gasteiger partial charge on any atom is 0.410 e. The van der Waals surface area contributed by atoms with Crippen LogP contribution in [0, 0.1) is 0 Å². The van der Waals surface area contributed by atoms with Gasteiger partial charge in [0.05, 0.1) is 31.6 Å². The second-order valence-electron chi connectivity index (χ2n) is 6.74. The van der Waals surface area contributed by atoms with E-state index in [4.69, 9.17) is 15.2 Å². The van der Waals surface area contributed by atoms with Crippen molar-refractivity contribution in [1.29, 1.82) is 0 Å². The van der Waals surface area contributed by atoms with E-state index in [-0.39, 0.29) is 12.6 Å². The van der Waals surface area contributed by atoms with Crippen LogP contribution >= 0.6 is 0 Å². The Hall–Kier alpha value is -2.22. The third kappa shape index (κ3) is 4.19. The molecule has 0 aromatic carbocycles. The number of aliphatic hydroxyl groups is 1. The van der Waals surface area contributed by atoms with E-state index in [1.165, 1.54) is 0 Å². The molecule has 1 saturated heterocycles. The third-order valence-corrected chi connectivity index (χ3v) is 3.75. The monoisotopic (exact) mass is 338 g/mol. The lowest BCUT2D eigenvalue weighted by atomic mass is 10.1. The summed E-state index contributed by atoms with van der Waals surface area (Å²) in [6, 6.07) is 1.29. The van der Waals surface area contributed by atoms with Crippen LogP contribution in [0.3, 0.4) is 0 Å². The van der Waals surface area contributed by atoms with E-state index in [1.54, 1.807) is 24.3 Å². The highest BCUT2D eigenvalue weighted by Crippen LogP contribution is 2.30. The molecule has 1 fully saturated rings. The molecule has 1 aromatic heterocycles. The SMILES string of the molecule is COc1cc(N)ncc1N1CCN(C(=O)OC(C)(C)C)[C@@H](CO)C1. The number of hydrogen-bond donors (Lipinski definition) is 2. The summed E-state index contributed by atoms with van der Waals surface area (Å²) < 4.78 is 10.8. The Kier molecular flexibility index (Phi) is 5.38. The van der Waals surface area contributed by atoms with Crippen LogP contribution < -0.4 is 15.4 Å². The maximum absolute atomic E-state index is 12.3. The van der Waals surface area contributed by atoms with Crippen LogP contribution in [0.2, 0.25) is 0 Å². The molecule has 2 rings (SSSR count). The number of carbonyl (C=O) groups is 1. The lowest BCUT2D eigenvalue weighted by Crippen LogP contribution is -2.57. The minimum Gasteiger partial charge on any atom is -0.494 e. The average molecular weight is 338 g/mol. The topological polar surface area (TPSA) is 101 Å². The Morgan fingerprint density at radius 1 is 1.46 bits per heavy atom. The van der Waals surface area contributed by atoms with Gasteiger partial charge in [-0.2, -0.15) is 0 Å². The number of nitrogen functional groups attached to an aromatic ring is 1. The number of pyridine rings is 1. The van der Waals surface area contributed by atoms with E-state index in [1.807, 2.05) is 25.7 Å². The van der Waals surface area contributed by atoms with Crippen molar-refractivity contribution < 1.29 is 19.4 Å². The largest absolute Gasteiger partial charge is 0.494 e. The van der Waals surface area contributed by atoms with Gasteiger partial charge in [0.25, 0.3) is 0 Å². The highest BCUT2D eigenvalue weighted by atomic mass is 16.6. The molecular weight excluding hydrogens is 312 g/mol. The fourth-order valence-electron chi connectivity index (χ4n) is 2.64. The Balaban J connectivity index is 2.14. The van der Waals surface area contributed by atoms with Crippen LogP contribution in [0.25, 0.3) is 0 Å². The first-order valence-electron chi connectivity index (χ1n) is 7.90. The third-order valence-electron chi connectivity index (χ3n) is 3.75. The number of aromatic nitrogens is 1. The Morgan fingerprint density at radius 3 is 2.75 bits per heavy atom. The zero-order valence-electron chi connectivity index (χ0n) is 14.7. The van der Waals surface area contributed by atoms with Crippen LogP contribution in [0.15, 0.2) is 12.3 Å². The molecule has 0 aliphatic carbocycles. The standard InChI is InChI=1S/C16H26N4O4/c1-16(2,3)24-15(22)20-6-5-19(9-11(20)10-21)12-8-18-14(17)7-13(12)23-4/h7-8,11,21H,5-6,9-10H2,1-4H3,(H2,17,18)/t11-/m1/s1. The van der Waals surface area contributed by atoms with Gasteiger partial charge in [-0.25, -0.2) is 9.78 Å². The zero-order valence-corrected chi connectivity index (χ0v) is 14.7. The maximum atomic E-state index is 12.3. The molecule has 0 unspecified atom stereocenters. The second kappa shape index (κ2) is 7.12. The number of hydrogen-bond acceptors (Lipinski definition) is 7. The van der Waals surface area contributed by atoms with Crippen LogP contribution in [0.1, 0.15) is 20.8 Å². The minimum absolute atomic E-state index is 0.152. The molecule has 1 aromatic rings. The summed E-state index contributed by atoms with van der Waals surface area (Å²) in [5.41, 5.74) is 5.90. The number of anilines is 2. The smallest absolute Gasteiger partial charge is 0.410 e. The van der Waals surface area contributed by atoms with E-state index in [2.05, 4.69) is 4.98 Å². The van der Waals surface area contributed by atoms with Crippen molar-refractivity contribution in [3.05, 3.63) is 12.3 Å². The second-order valence-corrected chi connectivity index (χ2v) is 6.74. The fraction of sp³-hybridized carbons (Fsp3) is 0.625. The van der Waals surface area contributed by atoms with Crippen LogP contribution in [0.4, 0.5) is 16.3 Å². The molecule has 2 heterocycles. The van der Waals surface area contributed by atoms with E-state index in [0.717, 1.165) is 5.69 Å². The summed E-state index contributed by atoms with van der Waals surface area (Å²) >= 11 is 0. The molecule has 0 bridgehead atoms. The van der Waals surface area contributed by atoms with E-state index in [0.29, 0.717) is 31.2 Å². The van der Waals surface area contributed by atoms with Crippen LogP contribution in [0.5, 0.6) is 5.75 Å². The summed E-state index contributed by atoms with van der Waals surface area (Å²) in [6.45, 7) is 6.78. The number of nitrogens with two attached hydrogens (primary N) is 1. The van der Waals surface area contributed by atoms with Crippen molar-refractivity contribution in [2.75, 3.05) is 44.0 Å². The van der Waals surface area contributed by atoms with Crippen molar-refractivity contribution in [3.63, 3.8) is 0 Å². The van der Waals surface area contributed by atoms with Crippen molar-refractivity contribution in [2.45, 2.75) is 32.4 Å². The predicted octanol–water partition coefficient (Wildman–Crippen LogP) is 1.09. The molecule has 8 heteroatoms. The van der Waals surface area contributed by atoms with Crippen molar-refractivity contribution in [3.8, 4) is 5.75 Å². The minimum atomic E-state index is -0.571. The highest BCUT2D eigenvalue weighted by Gasteiger charge is 2.33. The summed E-state index contributed by atoms with van der Waals surface area (Å²) in [5, 5.41) is 9.70. The molecule has 134 valence electrons. The van der Waals surface area contributed by atoms with Gasteiger partial charge in [0.2, 0.25) is 0 Å². The van der Waals surface area contributed by atoms with Gasteiger partial charge in [0.15, 0.2) is 0 Å². The van der Waals surface area contributed by atoms with Crippen LogP contribution in [-0.4, -0.2) is 66.1 Å². The van der Waals surface area contributed by atoms with Gasteiger partial charge in [-0.1, -0.05) is 0 Å². The van der Waals surface area contributed by atoms with Gasteiger partial charge in [-0.15, -0.1) is 0 Å². The highest BCUT2D eigenvalue weighted by molar-refractivity contribution is 5.69. The van der Waals surface area contributed by atoms with Crippen molar-refractivity contribution >= 4 is 17.6 Å². The van der Waals surface area contributed by atoms with Gasteiger partial charge in [0, 0.05) is 25.7 Å². The molecule has 0 saturated carbocycles. The molecule has 8 nitrogen and oxygen atoms in total. The van der Waals surface area contributed by atoms with Crippen molar-refractivity contribution in [1.82, 2.24) is 9.88 Å². The summed E-state index contributed by atoms with van der Waals surface area (Å²) in [5.74, 6) is 0.992. The molecule has 0 spiro atoms. The number of aliphatic hydroxyl groups excluding tert-OH is 1. The number of nitrogens with zero attached hydrogens (tertiary/aromatic N) is 3. The molecular formula is C16H26N4O4. The molecule has 3 N–H and O–H groups in total. The first kappa shape index (κ1) is 18.1. The Labute approximate surface area is 142 Å². The molecule has 1 aliphatic heterocycles. The lowest BCUT2D eigenvalue weighted by Gasteiger charge is -2.42. The number of amides is 1. The lowest BCUT2D eigenvalue weighted by molar-refractivity contribution is 0.00702. The first-order chi connectivity index (χ1) is 11.2.